The molecule has 0 aliphatic carbocycles. The van der Waals surface area contributed by atoms with E-state index in [1.807, 2.05) is 48.5 Å². The molecule has 0 N–H and O–H groups in total. The smallest absolute Gasteiger partial charge is 0.250 e. The van der Waals surface area contributed by atoms with Crippen molar-refractivity contribution < 1.29 is 23.7 Å². The van der Waals surface area contributed by atoms with Crippen LogP contribution in [0.25, 0.3) is 10.2 Å². The molecule has 4 aromatic rings. The summed E-state index contributed by atoms with van der Waals surface area (Å²) >= 11 is 2.99. The third-order valence-electron chi connectivity index (χ3n) is 5.34. The fraction of sp³-hybridized carbons (Fsp3) is 0.222. The molecule has 8 nitrogen and oxygen atoms in total. The third-order valence-corrected chi connectivity index (χ3v) is 7.35. The second-order valence-corrected chi connectivity index (χ2v) is 9.83. The van der Waals surface area contributed by atoms with E-state index < -0.39 is 0 Å². The van der Waals surface area contributed by atoms with Crippen LogP contribution in [0, 0.1) is 0 Å². The number of carbonyl (C=O) groups is 1. The van der Waals surface area contributed by atoms with E-state index in [1.165, 1.54) is 16.3 Å². The molecule has 0 unspecified atom stereocenters. The number of hydrogen-bond donors (Lipinski definition) is 0. The normalized spacial score (nSPS) is 11.0. The van der Waals surface area contributed by atoms with Gasteiger partial charge in [-0.1, -0.05) is 29.5 Å². The van der Waals surface area contributed by atoms with Crippen molar-refractivity contribution in [2.24, 2.45) is 5.10 Å². The highest BCUT2D eigenvalue weighted by Gasteiger charge is 2.20. The van der Waals surface area contributed by atoms with Gasteiger partial charge in [0.15, 0.2) is 11.5 Å². The van der Waals surface area contributed by atoms with Crippen molar-refractivity contribution in [1.29, 1.82) is 0 Å². The number of aromatic nitrogens is 1. The quantitative estimate of drug-likeness (QED) is 0.134. The van der Waals surface area contributed by atoms with Crippen LogP contribution in [0.2, 0.25) is 0 Å². The third kappa shape index (κ3) is 6.33. The molecule has 37 heavy (non-hydrogen) atoms. The molecule has 0 saturated carbocycles. The molecule has 0 spiro atoms. The Labute approximate surface area is 223 Å². The summed E-state index contributed by atoms with van der Waals surface area (Å²) in [7, 11) is 6.26. The lowest BCUT2D eigenvalue weighted by Crippen LogP contribution is -2.25. The number of benzene rings is 3. The summed E-state index contributed by atoms with van der Waals surface area (Å²) in [6, 6.07) is 19.1. The Morgan fingerprint density at radius 2 is 1.70 bits per heavy atom. The highest BCUT2D eigenvalue weighted by Crippen LogP contribution is 2.38. The van der Waals surface area contributed by atoms with Gasteiger partial charge in [-0.05, 0) is 42.5 Å². The van der Waals surface area contributed by atoms with Crippen LogP contribution in [0.15, 0.2) is 70.7 Å². The lowest BCUT2D eigenvalue weighted by Gasteiger charge is -2.15. The molecule has 1 heterocycles. The minimum absolute atomic E-state index is 0.168. The second kappa shape index (κ2) is 12.5. The van der Waals surface area contributed by atoms with Crippen molar-refractivity contribution in [3.05, 3.63) is 66.2 Å². The Balaban J connectivity index is 1.64. The first-order valence-corrected chi connectivity index (χ1v) is 13.2. The molecule has 4 rings (SSSR count). The number of nitrogens with zero attached hydrogens (tertiary/aromatic N) is 3. The molecular weight excluding hydrogens is 510 g/mol. The molecule has 0 saturated heterocycles. The summed E-state index contributed by atoms with van der Waals surface area (Å²) in [4.78, 5) is 19.1. The summed E-state index contributed by atoms with van der Waals surface area (Å²) < 4.78 is 22.5. The van der Waals surface area contributed by atoms with Crippen molar-refractivity contribution in [2.45, 2.75) is 11.3 Å². The van der Waals surface area contributed by atoms with Crippen molar-refractivity contribution in [3.8, 4) is 23.0 Å². The van der Waals surface area contributed by atoms with Crippen LogP contribution in [0.4, 0.5) is 5.13 Å². The number of fused-ring (bicyclic) bond motifs is 1. The van der Waals surface area contributed by atoms with Gasteiger partial charge in [-0.2, -0.15) is 10.1 Å². The van der Waals surface area contributed by atoms with E-state index >= 15 is 0 Å². The largest absolute Gasteiger partial charge is 0.497 e. The predicted octanol–water partition coefficient (Wildman–Crippen LogP) is 5.88. The van der Waals surface area contributed by atoms with Gasteiger partial charge in [-0.15, -0.1) is 11.8 Å². The summed E-state index contributed by atoms with van der Waals surface area (Å²) in [5.74, 6) is 2.63. The first kappa shape index (κ1) is 26.3. The van der Waals surface area contributed by atoms with E-state index in [2.05, 4.69) is 10.1 Å². The Morgan fingerprint density at radius 3 is 2.35 bits per heavy atom. The van der Waals surface area contributed by atoms with E-state index in [0.717, 1.165) is 20.9 Å². The van der Waals surface area contributed by atoms with E-state index in [0.29, 0.717) is 33.7 Å². The van der Waals surface area contributed by atoms with Crippen LogP contribution >= 0.6 is 23.1 Å². The number of anilines is 1. The van der Waals surface area contributed by atoms with Crippen LogP contribution in [0.5, 0.6) is 23.0 Å². The molecule has 10 heteroatoms. The van der Waals surface area contributed by atoms with Crippen LogP contribution in [0.3, 0.4) is 0 Å². The molecule has 1 aromatic heterocycles. The van der Waals surface area contributed by atoms with Gasteiger partial charge in [0.05, 0.1) is 44.9 Å². The minimum Gasteiger partial charge on any atom is -0.497 e. The summed E-state index contributed by atoms with van der Waals surface area (Å²) in [6.07, 6.45) is 1.87. The summed E-state index contributed by atoms with van der Waals surface area (Å²) in [5, 5.41) is 6.38. The van der Waals surface area contributed by atoms with E-state index in [9.17, 15) is 4.79 Å². The van der Waals surface area contributed by atoms with Crippen molar-refractivity contribution in [3.63, 3.8) is 0 Å². The zero-order valence-corrected chi connectivity index (χ0v) is 22.6. The number of ether oxygens (including phenoxy) is 4. The van der Waals surface area contributed by atoms with Gasteiger partial charge >= 0.3 is 0 Å². The van der Waals surface area contributed by atoms with E-state index in [4.69, 9.17) is 18.9 Å². The van der Waals surface area contributed by atoms with Crippen molar-refractivity contribution >= 4 is 50.6 Å². The Kier molecular flexibility index (Phi) is 8.86. The minimum atomic E-state index is -0.168. The van der Waals surface area contributed by atoms with Gasteiger partial charge in [-0.3, -0.25) is 4.79 Å². The zero-order chi connectivity index (χ0) is 26.2. The Hall–Kier alpha value is -3.76. The maximum Gasteiger partial charge on any atom is 0.250 e. The molecule has 192 valence electrons. The van der Waals surface area contributed by atoms with E-state index in [-0.39, 0.29) is 12.3 Å². The molecule has 0 fully saturated rings. The molecule has 0 aliphatic rings. The van der Waals surface area contributed by atoms with Crippen LogP contribution in [-0.2, 0) is 4.79 Å². The molecular formula is C27H27N3O5S2. The van der Waals surface area contributed by atoms with Crippen molar-refractivity contribution in [2.75, 3.05) is 39.2 Å². The molecule has 3 aromatic carbocycles. The maximum atomic E-state index is 13.4. The van der Waals surface area contributed by atoms with Crippen LogP contribution < -0.4 is 24.0 Å². The topological polar surface area (TPSA) is 82.5 Å². The fourth-order valence-electron chi connectivity index (χ4n) is 3.51. The highest BCUT2D eigenvalue weighted by atomic mass is 32.2. The number of rotatable bonds is 11. The average Bonchev–Trinajstić information content (AvgIpc) is 3.35. The van der Waals surface area contributed by atoms with Gasteiger partial charge in [0.2, 0.25) is 16.8 Å². The Bertz CT molecular complexity index is 1370. The summed E-state index contributed by atoms with van der Waals surface area (Å²) in [6.45, 7) is 0. The first-order valence-electron chi connectivity index (χ1n) is 11.4. The lowest BCUT2D eigenvalue weighted by atomic mass is 10.2. The SMILES string of the molecule is COc1ccc2nc(N(/N=C/c3cc(OC)c(OC)c(OC)c3)C(=O)CCSc3ccccc3)sc2c1. The second-order valence-electron chi connectivity index (χ2n) is 7.65. The monoisotopic (exact) mass is 537 g/mol. The number of methoxy groups -OCH3 is 4. The molecule has 1 amide bonds. The van der Waals surface area contributed by atoms with Gasteiger partial charge in [0.1, 0.15) is 5.75 Å². The Morgan fingerprint density at radius 1 is 0.973 bits per heavy atom. The van der Waals surface area contributed by atoms with E-state index in [1.54, 1.807) is 58.5 Å². The van der Waals surface area contributed by atoms with Crippen LogP contribution in [0.1, 0.15) is 12.0 Å². The number of amides is 1. The average molecular weight is 538 g/mol. The number of carbonyl (C=O) groups excluding carboxylic acids is 1. The molecule has 0 atom stereocenters. The number of thiazole rings is 1. The predicted molar refractivity (Wildman–Crippen MR) is 149 cm³/mol. The van der Waals surface area contributed by atoms with Crippen molar-refractivity contribution in [1.82, 2.24) is 4.98 Å². The standard InChI is InChI=1S/C27H27N3O5S2/c1-32-19-10-11-21-24(16-19)37-27(29-21)30(25(31)12-13-36-20-8-6-5-7-9-20)28-17-18-14-22(33-2)26(35-4)23(15-18)34-3/h5-11,14-17H,12-13H2,1-4H3/b28-17+. The summed E-state index contributed by atoms with van der Waals surface area (Å²) in [5.41, 5.74) is 1.44. The number of hydrazone groups is 1. The molecule has 0 radical (unpaired) electrons. The first-order chi connectivity index (χ1) is 18.1. The molecule has 0 bridgehead atoms. The van der Waals surface area contributed by atoms with Gasteiger partial charge in [-0.25, -0.2) is 4.98 Å². The highest BCUT2D eigenvalue weighted by molar-refractivity contribution is 7.99. The maximum absolute atomic E-state index is 13.4. The van der Waals surface area contributed by atoms with Crippen LogP contribution in [-0.4, -0.2) is 51.3 Å². The number of hydrogen-bond acceptors (Lipinski definition) is 9. The van der Waals surface area contributed by atoms with Gasteiger partial charge < -0.3 is 18.9 Å². The van der Waals surface area contributed by atoms with Gasteiger partial charge in [0, 0.05) is 22.6 Å². The number of thioether (sulfide) groups is 1. The fourth-order valence-corrected chi connectivity index (χ4v) is 5.34. The zero-order valence-electron chi connectivity index (χ0n) is 21.0. The van der Waals surface area contributed by atoms with Gasteiger partial charge in [0.25, 0.3) is 0 Å². The lowest BCUT2D eigenvalue weighted by molar-refractivity contribution is -0.118. The molecule has 0 aliphatic heterocycles.